The fourth-order valence-corrected chi connectivity index (χ4v) is 1.99. The van der Waals surface area contributed by atoms with Crippen LogP contribution < -0.4 is 5.32 Å². The second-order valence-electron chi connectivity index (χ2n) is 3.49. The Labute approximate surface area is 92.8 Å². The van der Waals surface area contributed by atoms with E-state index in [-0.39, 0.29) is 6.04 Å². The number of nitrogens with zero attached hydrogens (tertiary/aromatic N) is 2. The zero-order valence-corrected chi connectivity index (χ0v) is 8.74. The van der Waals surface area contributed by atoms with Crippen molar-refractivity contribution < 1.29 is 0 Å². The van der Waals surface area contributed by atoms with Crippen LogP contribution in [0.25, 0.3) is 0 Å². The van der Waals surface area contributed by atoms with Gasteiger partial charge in [0.25, 0.3) is 0 Å². The lowest BCUT2D eigenvalue weighted by Crippen LogP contribution is -2.18. The van der Waals surface area contributed by atoms with Gasteiger partial charge in [0.2, 0.25) is 0 Å². The first kappa shape index (κ1) is 8.61. The van der Waals surface area contributed by atoms with Gasteiger partial charge >= 0.3 is 0 Å². The van der Waals surface area contributed by atoms with Crippen molar-refractivity contribution in [2.75, 3.05) is 0 Å². The molecule has 2 heterocycles. The first-order valence-corrected chi connectivity index (χ1v) is 5.16. The summed E-state index contributed by atoms with van der Waals surface area (Å²) in [5.41, 5.74) is 1.95. The van der Waals surface area contributed by atoms with E-state index >= 15 is 0 Å². The predicted molar refractivity (Wildman–Crippen MR) is 63.9 cm³/mol. The zero-order valence-electron chi connectivity index (χ0n) is 7.92. The van der Waals surface area contributed by atoms with Crippen LogP contribution in [-0.2, 0) is 0 Å². The van der Waals surface area contributed by atoms with Gasteiger partial charge < -0.3 is 9.88 Å². The SMILES string of the molecule is S=C1N=C2C=CC(n3cccc3)C=C2N1. The van der Waals surface area contributed by atoms with Crippen molar-refractivity contribution in [3.8, 4) is 0 Å². The molecule has 1 atom stereocenters. The van der Waals surface area contributed by atoms with Crippen LogP contribution in [0.3, 0.4) is 0 Å². The number of hydrogen-bond acceptors (Lipinski definition) is 1. The van der Waals surface area contributed by atoms with E-state index in [2.05, 4.69) is 27.0 Å². The Balaban J connectivity index is 1.96. The molecule has 0 bridgehead atoms. The molecule has 2 aliphatic rings. The van der Waals surface area contributed by atoms with Crippen LogP contribution in [0.5, 0.6) is 0 Å². The van der Waals surface area contributed by atoms with Crippen molar-refractivity contribution in [2.45, 2.75) is 6.04 Å². The number of nitrogens with one attached hydrogen (secondary N) is 1. The van der Waals surface area contributed by atoms with E-state index in [4.69, 9.17) is 12.2 Å². The summed E-state index contributed by atoms with van der Waals surface area (Å²) in [4.78, 5) is 4.20. The smallest absolute Gasteiger partial charge is 0.197 e. The van der Waals surface area contributed by atoms with E-state index in [9.17, 15) is 0 Å². The summed E-state index contributed by atoms with van der Waals surface area (Å²) in [6, 6.07) is 4.29. The van der Waals surface area contributed by atoms with E-state index in [0.29, 0.717) is 5.11 Å². The summed E-state index contributed by atoms with van der Waals surface area (Å²) in [6.07, 6.45) is 10.3. The van der Waals surface area contributed by atoms with E-state index in [1.165, 1.54) is 0 Å². The molecule has 1 aliphatic heterocycles. The molecule has 0 spiro atoms. The zero-order chi connectivity index (χ0) is 10.3. The molecule has 1 aliphatic carbocycles. The van der Waals surface area contributed by atoms with Gasteiger partial charge in [0.15, 0.2) is 5.11 Å². The van der Waals surface area contributed by atoms with E-state index < -0.39 is 0 Å². The molecule has 15 heavy (non-hydrogen) atoms. The molecule has 4 heteroatoms. The first-order chi connectivity index (χ1) is 7.33. The Morgan fingerprint density at radius 1 is 1.33 bits per heavy atom. The maximum Gasteiger partial charge on any atom is 0.197 e. The second kappa shape index (κ2) is 3.17. The Morgan fingerprint density at radius 3 is 2.93 bits per heavy atom. The summed E-state index contributed by atoms with van der Waals surface area (Å²) in [5.74, 6) is 0. The fraction of sp³-hybridized carbons (Fsp3) is 0.0909. The average Bonchev–Trinajstić information content (AvgIpc) is 2.82. The highest BCUT2D eigenvalue weighted by Gasteiger charge is 2.19. The lowest BCUT2D eigenvalue weighted by molar-refractivity contribution is 0.721. The number of allylic oxidation sites excluding steroid dienone is 3. The minimum atomic E-state index is 0.252. The Bertz CT molecular complexity index is 494. The second-order valence-corrected chi connectivity index (χ2v) is 3.87. The lowest BCUT2D eigenvalue weighted by atomic mass is 10.1. The van der Waals surface area contributed by atoms with Crippen molar-refractivity contribution in [3.05, 3.63) is 48.5 Å². The highest BCUT2D eigenvalue weighted by molar-refractivity contribution is 7.80. The number of aromatic nitrogens is 1. The molecular weight excluding hydrogens is 206 g/mol. The molecule has 3 nitrogen and oxygen atoms in total. The molecule has 3 rings (SSSR count). The monoisotopic (exact) mass is 215 g/mol. The van der Waals surface area contributed by atoms with Crippen LogP contribution in [0.2, 0.25) is 0 Å². The normalized spacial score (nSPS) is 23.2. The minimum absolute atomic E-state index is 0.252. The predicted octanol–water partition coefficient (Wildman–Crippen LogP) is 1.81. The molecule has 0 radical (unpaired) electrons. The van der Waals surface area contributed by atoms with Crippen LogP contribution in [0.1, 0.15) is 6.04 Å². The Morgan fingerprint density at radius 2 is 2.13 bits per heavy atom. The summed E-state index contributed by atoms with van der Waals surface area (Å²) in [6.45, 7) is 0. The van der Waals surface area contributed by atoms with Gasteiger partial charge in [-0.1, -0.05) is 6.08 Å². The first-order valence-electron chi connectivity index (χ1n) is 4.75. The van der Waals surface area contributed by atoms with Gasteiger partial charge in [-0.25, -0.2) is 4.99 Å². The summed E-state index contributed by atoms with van der Waals surface area (Å²) < 4.78 is 2.13. The molecule has 1 aromatic rings. The highest BCUT2D eigenvalue weighted by Crippen LogP contribution is 2.20. The molecule has 1 N–H and O–H groups in total. The Hall–Kier alpha value is -1.68. The van der Waals surface area contributed by atoms with Gasteiger partial charge in [0, 0.05) is 12.4 Å². The molecule has 0 saturated carbocycles. The largest absolute Gasteiger partial charge is 0.344 e. The standard InChI is InChI=1S/C11H9N3S/c15-11-12-9-4-3-8(7-10(9)13-11)14-5-1-2-6-14/h1-8H,(H,13,15). The van der Waals surface area contributed by atoms with Gasteiger partial charge in [0.05, 0.1) is 17.5 Å². The van der Waals surface area contributed by atoms with Crippen LogP contribution in [0.15, 0.2) is 53.4 Å². The maximum absolute atomic E-state index is 4.99. The summed E-state index contributed by atoms with van der Waals surface area (Å²) >= 11 is 4.99. The lowest BCUT2D eigenvalue weighted by Gasteiger charge is -2.15. The van der Waals surface area contributed by atoms with Gasteiger partial charge in [-0.15, -0.1) is 0 Å². The van der Waals surface area contributed by atoms with Gasteiger partial charge in [-0.05, 0) is 36.5 Å². The number of thiocarbonyl (C=S) groups is 1. The third-order valence-corrected chi connectivity index (χ3v) is 2.69. The van der Waals surface area contributed by atoms with E-state index in [1.807, 2.05) is 30.6 Å². The van der Waals surface area contributed by atoms with Crippen LogP contribution in [-0.4, -0.2) is 15.4 Å². The van der Waals surface area contributed by atoms with Crippen molar-refractivity contribution >= 4 is 23.0 Å². The van der Waals surface area contributed by atoms with Gasteiger partial charge in [-0.2, -0.15) is 0 Å². The quantitative estimate of drug-likeness (QED) is 0.724. The number of aliphatic imine (C=N–C) groups is 1. The highest BCUT2D eigenvalue weighted by atomic mass is 32.1. The van der Waals surface area contributed by atoms with Crippen molar-refractivity contribution in [1.82, 2.24) is 9.88 Å². The van der Waals surface area contributed by atoms with E-state index in [1.54, 1.807) is 0 Å². The van der Waals surface area contributed by atoms with Gasteiger partial charge in [0.1, 0.15) is 0 Å². The molecule has 0 aromatic carbocycles. The van der Waals surface area contributed by atoms with E-state index in [0.717, 1.165) is 11.4 Å². The van der Waals surface area contributed by atoms with Crippen molar-refractivity contribution in [2.24, 2.45) is 4.99 Å². The third kappa shape index (κ3) is 1.43. The summed E-state index contributed by atoms with van der Waals surface area (Å²) in [7, 11) is 0. The third-order valence-electron chi connectivity index (χ3n) is 2.50. The summed E-state index contributed by atoms with van der Waals surface area (Å²) in [5, 5.41) is 3.62. The van der Waals surface area contributed by atoms with Gasteiger partial charge in [-0.3, -0.25) is 0 Å². The molecule has 1 unspecified atom stereocenters. The minimum Gasteiger partial charge on any atom is -0.344 e. The molecule has 0 fully saturated rings. The van der Waals surface area contributed by atoms with Crippen molar-refractivity contribution in [3.63, 3.8) is 0 Å². The molecular formula is C11H9N3S. The molecule has 74 valence electrons. The van der Waals surface area contributed by atoms with Crippen LogP contribution in [0.4, 0.5) is 0 Å². The van der Waals surface area contributed by atoms with Crippen LogP contribution in [0, 0.1) is 0 Å². The van der Waals surface area contributed by atoms with Crippen LogP contribution >= 0.6 is 12.2 Å². The number of hydrogen-bond donors (Lipinski definition) is 1. The maximum atomic E-state index is 4.99. The average molecular weight is 215 g/mol. The number of rotatable bonds is 1. The van der Waals surface area contributed by atoms with Crippen molar-refractivity contribution in [1.29, 1.82) is 0 Å². The topological polar surface area (TPSA) is 29.3 Å². The molecule has 1 aromatic heterocycles. The fourth-order valence-electron chi connectivity index (χ4n) is 1.78. The Kier molecular flexibility index (Phi) is 1.82. The molecule has 0 amide bonds. The number of fused-ring (bicyclic) bond motifs is 1. The molecule has 0 saturated heterocycles.